The molecule has 0 aliphatic heterocycles. The predicted molar refractivity (Wildman–Crippen MR) is 47.4 cm³/mol. The van der Waals surface area contributed by atoms with Gasteiger partial charge in [-0.05, 0) is 12.5 Å². The Kier molecular flexibility index (Phi) is 3.44. The Morgan fingerprint density at radius 2 is 1.77 bits per heavy atom. The summed E-state index contributed by atoms with van der Waals surface area (Å²) in [6.07, 6.45) is -0.938. The molecule has 0 aromatic carbocycles. The Hall–Kier alpha value is -0.420. The molecule has 0 saturated carbocycles. The van der Waals surface area contributed by atoms with Crippen molar-refractivity contribution in [1.82, 2.24) is 0 Å². The molecule has 2 N–H and O–H groups in total. The van der Waals surface area contributed by atoms with E-state index in [2.05, 4.69) is 0 Å². The van der Waals surface area contributed by atoms with Gasteiger partial charge in [0.05, 0.1) is 0 Å². The van der Waals surface area contributed by atoms with Crippen molar-refractivity contribution in [2.45, 2.75) is 31.3 Å². The molecule has 0 heterocycles. The number of ether oxygens (including phenoxy) is 2. The first-order chi connectivity index (χ1) is 6.11. The van der Waals surface area contributed by atoms with Crippen LogP contribution in [-0.4, -0.2) is 48.8 Å². The number of hydrogen-bond acceptors (Lipinski definition) is 4. The lowest BCUT2D eigenvalue weighted by Crippen LogP contribution is -2.49. The van der Waals surface area contributed by atoms with Crippen LogP contribution in [0.25, 0.3) is 0 Å². The fourth-order valence-electron chi connectivity index (χ4n) is 1.63. The average molecular weight is 188 g/mol. The summed E-state index contributed by atoms with van der Waals surface area (Å²) in [6.45, 7) is 1.84. The SMILES string of the molecule is CO[C@@H]1C(C)=C[C@@H](OC)[C@H](O)[C@H]1O. The van der Waals surface area contributed by atoms with Crippen LogP contribution in [0, 0.1) is 0 Å². The van der Waals surface area contributed by atoms with Crippen LogP contribution in [0.5, 0.6) is 0 Å². The molecule has 0 aromatic rings. The lowest BCUT2D eigenvalue weighted by Gasteiger charge is -2.34. The van der Waals surface area contributed by atoms with Crippen LogP contribution >= 0.6 is 0 Å². The van der Waals surface area contributed by atoms with Gasteiger partial charge >= 0.3 is 0 Å². The van der Waals surface area contributed by atoms with E-state index in [4.69, 9.17) is 9.47 Å². The second kappa shape index (κ2) is 4.19. The number of methoxy groups -OCH3 is 2. The first-order valence-electron chi connectivity index (χ1n) is 4.21. The smallest absolute Gasteiger partial charge is 0.113 e. The standard InChI is InChI=1S/C9H16O4/c1-5-4-6(12-2)7(10)8(11)9(5)13-3/h4,6-11H,1-3H3/t6-,7+,8-,9-/m1/s1. The Labute approximate surface area is 77.8 Å². The molecule has 0 bridgehead atoms. The van der Waals surface area contributed by atoms with Gasteiger partial charge in [0.15, 0.2) is 0 Å². The Bertz CT molecular complexity index is 202. The number of hydrogen-bond donors (Lipinski definition) is 2. The molecule has 0 radical (unpaired) electrons. The molecule has 4 nitrogen and oxygen atoms in total. The van der Waals surface area contributed by atoms with Crippen molar-refractivity contribution >= 4 is 0 Å². The van der Waals surface area contributed by atoms with E-state index in [1.165, 1.54) is 14.2 Å². The molecule has 0 fully saturated rings. The molecule has 0 unspecified atom stereocenters. The molecular formula is C9H16O4. The van der Waals surface area contributed by atoms with Gasteiger partial charge in [-0.25, -0.2) is 0 Å². The van der Waals surface area contributed by atoms with Crippen LogP contribution in [0.2, 0.25) is 0 Å². The zero-order chi connectivity index (χ0) is 10.0. The quantitative estimate of drug-likeness (QED) is 0.584. The summed E-state index contributed by atoms with van der Waals surface area (Å²) in [4.78, 5) is 0. The van der Waals surface area contributed by atoms with Crippen LogP contribution in [0.15, 0.2) is 11.6 Å². The molecule has 1 aliphatic carbocycles. The van der Waals surface area contributed by atoms with Crippen molar-refractivity contribution in [3.8, 4) is 0 Å². The van der Waals surface area contributed by atoms with Crippen LogP contribution < -0.4 is 0 Å². The van der Waals surface area contributed by atoms with E-state index in [9.17, 15) is 10.2 Å². The second-order valence-corrected chi connectivity index (χ2v) is 3.25. The summed E-state index contributed by atoms with van der Waals surface area (Å²) in [6, 6.07) is 0. The minimum Gasteiger partial charge on any atom is -0.387 e. The number of aliphatic hydroxyl groups excluding tert-OH is 2. The molecule has 1 aliphatic rings. The van der Waals surface area contributed by atoms with Gasteiger partial charge in [0.2, 0.25) is 0 Å². The summed E-state index contributed by atoms with van der Waals surface area (Å²) >= 11 is 0. The highest BCUT2D eigenvalue weighted by molar-refractivity contribution is 5.18. The third-order valence-electron chi connectivity index (χ3n) is 2.40. The minimum absolute atomic E-state index is 0.429. The van der Waals surface area contributed by atoms with Gasteiger partial charge < -0.3 is 19.7 Å². The molecular weight excluding hydrogens is 172 g/mol. The highest BCUT2D eigenvalue weighted by Crippen LogP contribution is 2.23. The van der Waals surface area contributed by atoms with E-state index in [1.54, 1.807) is 6.08 Å². The third kappa shape index (κ3) is 1.91. The van der Waals surface area contributed by atoms with Crippen molar-refractivity contribution in [1.29, 1.82) is 0 Å². The van der Waals surface area contributed by atoms with Gasteiger partial charge in [-0.15, -0.1) is 0 Å². The van der Waals surface area contributed by atoms with Gasteiger partial charge in [0, 0.05) is 14.2 Å². The molecule has 4 heteroatoms. The van der Waals surface area contributed by atoms with Crippen LogP contribution in [0.4, 0.5) is 0 Å². The molecule has 0 saturated heterocycles. The lowest BCUT2D eigenvalue weighted by molar-refractivity contribution is -0.110. The summed E-state index contributed by atoms with van der Waals surface area (Å²) in [7, 11) is 3.00. The molecule has 0 amide bonds. The number of aliphatic hydroxyl groups is 2. The predicted octanol–water partition coefficient (Wildman–Crippen LogP) is -0.302. The fourth-order valence-corrected chi connectivity index (χ4v) is 1.63. The van der Waals surface area contributed by atoms with E-state index in [0.717, 1.165) is 5.57 Å². The topological polar surface area (TPSA) is 58.9 Å². The molecule has 0 spiro atoms. The molecule has 0 aromatic heterocycles. The first-order valence-corrected chi connectivity index (χ1v) is 4.21. The van der Waals surface area contributed by atoms with Crippen LogP contribution in [0.1, 0.15) is 6.92 Å². The molecule has 1 rings (SSSR count). The maximum Gasteiger partial charge on any atom is 0.113 e. The Morgan fingerprint density at radius 1 is 1.15 bits per heavy atom. The second-order valence-electron chi connectivity index (χ2n) is 3.25. The van der Waals surface area contributed by atoms with E-state index >= 15 is 0 Å². The molecule has 13 heavy (non-hydrogen) atoms. The van der Waals surface area contributed by atoms with Gasteiger partial charge in [-0.3, -0.25) is 0 Å². The van der Waals surface area contributed by atoms with Gasteiger partial charge in [0.25, 0.3) is 0 Å². The lowest BCUT2D eigenvalue weighted by atomic mass is 9.90. The Morgan fingerprint density at radius 3 is 2.23 bits per heavy atom. The van der Waals surface area contributed by atoms with Gasteiger partial charge in [0.1, 0.15) is 24.4 Å². The van der Waals surface area contributed by atoms with Gasteiger partial charge in [-0.1, -0.05) is 6.08 Å². The van der Waals surface area contributed by atoms with Crippen LogP contribution in [0.3, 0.4) is 0 Å². The van der Waals surface area contributed by atoms with Crippen molar-refractivity contribution < 1.29 is 19.7 Å². The average Bonchev–Trinajstić information content (AvgIpc) is 2.12. The highest BCUT2D eigenvalue weighted by atomic mass is 16.5. The van der Waals surface area contributed by atoms with E-state index in [1.807, 2.05) is 6.92 Å². The normalized spacial score (nSPS) is 40.2. The highest BCUT2D eigenvalue weighted by Gasteiger charge is 2.36. The van der Waals surface area contributed by atoms with Crippen molar-refractivity contribution in [3.63, 3.8) is 0 Å². The third-order valence-corrected chi connectivity index (χ3v) is 2.40. The summed E-state index contributed by atoms with van der Waals surface area (Å²) in [5, 5.41) is 19.2. The first kappa shape index (κ1) is 10.7. The van der Waals surface area contributed by atoms with Crippen molar-refractivity contribution in [2.75, 3.05) is 14.2 Å². The van der Waals surface area contributed by atoms with E-state index in [0.29, 0.717) is 0 Å². The summed E-state index contributed by atoms with van der Waals surface area (Å²) in [5.74, 6) is 0. The minimum atomic E-state index is -0.918. The van der Waals surface area contributed by atoms with E-state index in [-0.39, 0.29) is 0 Å². The molecule has 76 valence electrons. The summed E-state index contributed by atoms with van der Waals surface area (Å²) in [5.41, 5.74) is 0.882. The summed E-state index contributed by atoms with van der Waals surface area (Å²) < 4.78 is 10.0. The number of rotatable bonds is 2. The maximum absolute atomic E-state index is 9.61. The van der Waals surface area contributed by atoms with Crippen molar-refractivity contribution in [3.05, 3.63) is 11.6 Å². The maximum atomic E-state index is 9.61. The zero-order valence-corrected chi connectivity index (χ0v) is 8.10. The van der Waals surface area contributed by atoms with E-state index < -0.39 is 24.4 Å². The fraction of sp³-hybridized carbons (Fsp3) is 0.778. The zero-order valence-electron chi connectivity index (χ0n) is 8.10. The largest absolute Gasteiger partial charge is 0.387 e. The van der Waals surface area contributed by atoms with Crippen molar-refractivity contribution in [2.24, 2.45) is 0 Å². The van der Waals surface area contributed by atoms with Crippen LogP contribution in [-0.2, 0) is 9.47 Å². The van der Waals surface area contributed by atoms with Gasteiger partial charge in [-0.2, -0.15) is 0 Å². The Balaban J connectivity index is 2.84. The molecule has 4 atom stereocenters. The monoisotopic (exact) mass is 188 g/mol.